The van der Waals surface area contributed by atoms with E-state index in [1.54, 1.807) is 0 Å². The zero-order chi connectivity index (χ0) is 9.81. The van der Waals surface area contributed by atoms with Crippen LogP contribution < -0.4 is 11.3 Å². The number of hydrogen-bond acceptors (Lipinski definition) is 2. The summed E-state index contributed by atoms with van der Waals surface area (Å²) >= 11 is 0. The van der Waals surface area contributed by atoms with Crippen LogP contribution in [0.15, 0.2) is 24.3 Å². The molecular formula is C11H13FN2. The van der Waals surface area contributed by atoms with Crippen LogP contribution in [0.3, 0.4) is 0 Å². The Morgan fingerprint density at radius 1 is 1.14 bits per heavy atom. The molecule has 2 bridgehead atoms. The van der Waals surface area contributed by atoms with E-state index in [1.165, 1.54) is 17.7 Å². The summed E-state index contributed by atoms with van der Waals surface area (Å²) in [7, 11) is 0. The Labute approximate surface area is 82.3 Å². The summed E-state index contributed by atoms with van der Waals surface area (Å²) in [5.74, 6) is 5.30. The van der Waals surface area contributed by atoms with Gasteiger partial charge in [-0.1, -0.05) is 12.1 Å². The van der Waals surface area contributed by atoms with Crippen LogP contribution in [0.4, 0.5) is 4.39 Å². The zero-order valence-corrected chi connectivity index (χ0v) is 7.89. The molecule has 3 aliphatic carbocycles. The number of halogens is 1. The molecule has 3 fully saturated rings. The molecule has 1 aromatic carbocycles. The van der Waals surface area contributed by atoms with Crippen molar-refractivity contribution in [3.05, 3.63) is 35.6 Å². The smallest absolute Gasteiger partial charge is 0.123 e. The Bertz CT molecular complexity index is 352. The Hall–Kier alpha value is -0.930. The van der Waals surface area contributed by atoms with Crippen LogP contribution >= 0.6 is 0 Å². The van der Waals surface area contributed by atoms with Crippen molar-refractivity contribution in [1.29, 1.82) is 0 Å². The molecule has 1 aromatic rings. The largest absolute Gasteiger partial charge is 0.271 e. The normalized spacial score (nSPS) is 38.7. The van der Waals surface area contributed by atoms with Gasteiger partial charge in [0.05, 0.1) is 0 Å². The molecule has 0 atom stereocenters. The number of hydrazine groups is 1. The predicted molar refractivity (Wildman–Crippen MR) is 52.0 cm³/mol. The standard InChI is InChI=1S/C11H13FN2/c12-9-3-1-8(2-4-9)10-5-11(6-10,7-10)14-13/h1-4,14H,5-7,13H2. The summed E-state index contributed by atoms with van der Waals surface area (Å²) in [4.78, 5) is 0. The molecule has 0 amide bonds. The van der Waals surface area contributed by atoms with Crippen LogP contribution in [0.1, 0.15) is 24.8 Å². The molecule has 4 rings (SSSR count). The molecule has 0 aromatic heterocycles. The molecule has 3 saturated carbocycles. The van der Waals surface area contributed by atoms with Crippen molar-refractivity contribution in [3.8, 4) is 0 Å². The SMILES string of the molecule is NNC12CC(c3ccc(F)cc3)(C1)C2. The number of rotatable bonds is 2. The minimum absolute atomic E-state index is 0.160. The van der Waals surface area contributed by atoms with Gasteiger partial charge in [-0.3, -0.25) is 11.3 Å². The van der Waals surface area contributed by atoms with Crippen molar-refractivity contribution < 1.29 is 4.39 Å². The summed E-state index contributed by atoms with van der Waals surface area (Å²) in [5, 5.41) is 0. The number of nitrogens with one attached hydrogen (secondary N) is 1. The summed E-state index contributed by atoms with van der Waals surface area (Å²) in [6.45, 7) is 0. The van der Waals surface area contributed by atoms with Crippen LogP contribution in [0, 0.1) is 5.82 Å². The maximum atomic E-state index is 12.7. The fourth-order valence-corrected chi connectivity index (χ4v) is 3.05. The lowest BCUT2D eigenvalue weighted by Gasteiger charge is -2.70. The third-order valence-corrected chi connectivity index (χ3v) is 3.79. The van der Waals surface area contributed by atoms with Gasteiger partial charge in [-0.25, -0.2) is 4.39 Å². The number of nitrogens with two attached hydrogens (primary N) is 1. The van der Waals surface area contributed by atoms with E-state index in [0.717, 1.165) is 19.3 Å². The average molecular weight is 192 g/mol. The second-order valence-electron chi connectivity index (χ2n) is 4.74. The minimum atomic E-state index is -0.160. The first-order valence-electron chi connectivity index (χ1n) is 4.92. The Balaban J connectivity index is 1.84. The Morgan fingerprint density at radius 2 is 1.71 bits per heavy atom. The van der Waals surface area contributed by atoms with Crippen LogP contribution in [0.25, 0.3) is 0 Å². The first kappa shape index (κ1) is 8.38. The van der Waals surface area contributed by atoms with Crippen LogP contribution in [-0.4, -0.2) is 5.54 Å². The molecule has 2 nitrogen and oxygen atoms in total. The molecule has 0 aliphatic heterocycles. The molecule has 74 valence electrons. The van der Waals surface area contributed by atoms with Crippen LogP contribution in [0.2, 0.25) is 0 Å². The molecule has 0 unspecified atom stereocenters. The van der Waals surface area contributed by atoms with Crippen molar-refractivity contribution in [2.75, 3.05) is 0 Å². The fourth-order valence-electron chi connectivity index (χ4n) is 3.05. The van der Waals surface area contributed by atoms with E-state index in [9.17, 15) is 4.39 Å². The summed E-state index contributed by atoms with van der Waals surface area (Å²) in [6, 6.07) is 6.88. The molecule has 0 heterocycles. The zero-order valence-electron chi connectivity index (χ0n) is 7.89. The van der Waals surface area contributed by atoms with Gasteiger partial charge in [0.15, 0.2) is 0 Å². The second-order valence-corrected chi connectivity index (χ2v) is 4.74. The molecule has 0 saturated heterocycles. The van der Waals surface area contributed by atoms with Crippen molar-refractivity contribution in [1.82, 2.24) is 5.43 Å². The predicted octanol–water partition coefficient (Wildman–Crippen LogP) is 1.46. The highest BCUT2D eigenvalue weighted by Gasteiger charge is 2.67. The Morgan fingerprint density at radius 3 is 2.21 bits per heavy atom. The third kappa shape index (κ3) is 0.863. The van der Waals surface area contributed by atoms with Gasteiger partial charge in [0.25, 0.3) is 0 Å². The molecule has 3 heteroatoms. The number of benzene rings is 1. The van der Waals surface area contributed by atoms with Gasteiger partial charge in [0.2, 0.25) is 0 Å². The molecule has 3 aliphatic rings. The van der Waals surface area contributed by atoms with E-state index in [0.29, 0.717) is 5.41 Å². The summed E-state index contributed by atoms with van der Waals surface area (Å²) in [5.41, 5.74) is 4.64. The van der Waals surface area contributed by atoms with E-state index in [4.69, 9.17) is 5.84 Å². The minimum Gasteiger partial charge on any atom is -0.271 e. The second kappa shape index (κ2) is 2.35. The van der Waals surface area contributed by atoms with Gasteiger partial charge in [0.1, 0.15) is 5.82 Å². The lowest BCUT2D eigenvalue weighted by atomic mass is 9.38. The topological polar surface area (TPSA) is 38.0 Å². The summed E-state index contributed by atoms with van der Waals surface area (Å²) < 4.78 is 12.7. The van der Waals surface area contributed by atoms with Gasteiger partial charge in [-0.2, -0.15) is 0 Å². The van der Waals surface area contributed by atoms with Crippen LogP contribution in [0.5, 0.6) is 0 Å². The van der Waals surface area contributed by atoms with Crippen molar-refractivity contribution in [3.63, 3.8) is 0 Å². The van der Waals surface area contributed by atoms with Gasteiger partial charge >= 0.3 is 0 Å². The van der Waals surface area contributed by atoms with Crippen molar-refractivity contribution in [2.24, 2.45) is 5.84 Å². The van der Waals surface area contributed by atoms with Gasteiger partial charge < -0.3 is 0 Å². The molecule has 3 N–H and O–H groups in total. The van der Waals surface area contributed by atoms with Crippen molar-refractivity contribution in [2.45, 2.75) is 30.2 Å². The average Bonchev–Trinajstić information content (AvgIpc) is 2.04. The number of hydrogen-bond donors (Lipinski definition) is 2. The Kier molecular flexibility index (Phi) is 1.41. The lowest BCUT2D eigenvalue weighted by Crippen LogP contribution is -2.77. The molecule has 0 spiro atoms. The highest BCUT2D eigenvalue weighted by atomic mass is 19.1. The van der Waals surface area contributed by atoms with Crippen molar-refractivity contribution >= 4 is 0 Å². The first-order valence-corrected chi connectivity index (χ1v) is 4.92. The van der Waals surface area contributed by atoms with E-state index in [1.807, 2.05) is 12.1 Å². The highest BCUT2D eigenvalue weighted by molar-refractivity contribution is 5.41. The van der Waals surface area contributed by atoms with Gasteiger partial charge in [-0.05, 0) is 37.0 Å². The van der Waals surface area contributed by atoms with E-state index in [2.05, 4.69) is 5.43 Å². The monoisotopic (exact) mass is 192 g/mol. The summed E-state index contributed by atoms with van der Waals surface area (Å²) in [6.07, 6.45) is 3.30. The maximum absolute atomic E-state index is 12.7. The maximum Gasteiger partial charge on any atom is 0.123 e. The van der Waals surface area contributed by atoms with Gasteiger partial charge in [0, 0.05) is 11.0 Å². The fraction of sp³-hybridized carbons (Fsp3) is 0.455. The third-order valence-electron chi connectivity index (χ3n) is 3.79. The molecular weight excluding hydrogens is 179 g/mol. The molecule has 0 radical (unpaired) electrons. The van der Waals surface area contributed by atoms with E-state index in [-0.39, 0.29) is 11.4 Å². The molecule has 14 heavy (non-hydrogen) atoms. The van der Waals surface area contributed by atoms with E-state index >= 15 is 0 Å². The highest BCUT2D eigenvalue weighted by Crippen LogP contribution is 2.67. The quantitative estimate of drug-likeness (QED) is 0.550. The van der Waals surface area contributed by atoms with E-state index < -0.39 is 0 Å². The first-order chi connectivity index (χ1) is 6.68. The van der Waals surface area contributed by atoms with Gasteiger partial charge in [-0.15, -0.1) is 0 Å². The lowest BCUT2D eigenvalue weighted by molar-refractivity contribution is -0.0882. The van der Waals surface area contributed by atoms with Crippen LogP contribution in [-0.2, 0) is 5.41 Å².